The van der Waals surface area contributed by atoms with Crippen LogP contribution in [0.25, 0.3) is 0 Å². The Labute approximate surface area is 143 Å². The molecular formula is C20H25NO3. The monoisotopic (exact) mass is 327 g/mol. The number of carbonyl (C=O) groups excluding carboxylic acids is 1. The van der Waals surface area contributed by atoms with E-state index in [1.54, 1.807) is 7.11 Å². The van der Waals surface area contributed by atoms with Crippen molar-refractivity contribution >= 4 is 5.91 Å². The third kappa shape index (κ3) is 5.01. The van der Waals surface area contributed by atoms with E-state index in [9.17, 15) is 4.79 Å². The van der Waals surface area contributed by atoms with Crippen molar-refractivity contribution in [3.05, 3.63) is 59.2 Å². The molecule has 0 radical (unpaired) electrons. The number of hydrogen-bond acceptors (Lipinski definition) is 3. The summed E-state index contributed by atoms with van der Waals surface area (Å²) in [6, 6.07) is 13.6. The van der Waals surface area contributed by atoms with E-state index in [4.69, 9.17) is 9.47 Å². The van der Waals surface area contributed by atoms with E-state index < -0.39 is 6.10 Å². The highest BCUT2D eigenvalue weighted by Crippen LogP contribution is 2.18. The molecule has 0 aliphatic heterocycles. The first kappa shape index (κ1) is 17.9. The van der Waals surface area contributed by atoms with Gasteiger partial charge in [0, 0.05) is 6.54 Å². The van der Waals surface area contributed by atoms with Gasteiger partial charge in [-0.3, -0.25) is 4.79 Å². The second-order valence-corrected chi connectivity index (χ2v) is 5.90. The number of aryl methyl sites for hydroxylation is 2. The molecule has 1 N–H and O–H groups in total. The van der Waals surface area contributed by atoms with Crippen LogP contribution in [0.1, 0.15) is 30.0 Å². The first-order valence-corrected chi connectivity index (χ1v) is 8.17. The summed E-state index contributed by atoms with van der Waals surface area (Å²) in [4.78, 5) is 12.4. The number of nitrogens with one attached hydrogen (secondary N) is 1. The van der Waals surface area contributed by atoms with Gasteiger partial charge in [0.2, 0.25) is 0 Å². The van der Waals surface area contributed by atoms with E-state index in [1.807, 2.05) is 57.2 Å². The number of carbonyl (C=O) groups is 1. The number of hydrogen-bond donors (Lipinski definition) is 1. The van der Waals surface area contributed by atoms with E-state index >= 15 is 0 Å². The summed E-state index contributed by atoms with van der Waals surface area (Å²) in [6.45, 7) is 6.45. The highest BCUT2D eigenvalue weighted by atomic mass is 16.5. The molecule has 0 aliphatic rings. The van der Waals surface area contributed by atoms with Crippen LogP contribution in [-0.2, 0) is 11.3 Å². The van der Waals surface area contributed by atoms with E-state index in [1.165, 1.54) is 0 Å². The van der Waals surface area contributed by atoms with Crippen molar-refractivity contribution in [1.29, 1.82) is 0 Å². The van der Waals surface area contributed by atoms with Crippen LogP contribution in [0.15, 0.2) is 42.5 Å². The quantitative estimate of drug-likeness (QED) is 0.842. The predicted octanol–water partition coefficient (Wildman–Crippen LogP) is 3.79. The highest BCUT2D eigenvalue weighted by Gasteiger charge is 2.18. The SMILES string of the molecule is CC[C@H](Oc1cc(C)cc(C)c1)C(=O)NCc1ccc(OC)cc1. The first-order valence-electron chi connectivity index (χ1n) is 8.17. The number of methoxy groups -OCH3 is 1. The van der Waals surface area contributed by atoms with Crippen molar-refractivity contribution < 1.29 is 14.3 Å². The molecule has 0 saturated heterocycles. The molecule has 128 valence electrons. The zero-order chi connectivity index (χ0) is 17.5. The van der Waals surface area contributed by atoms with Crippen molar-refractivity contribution in [2.45, 2.75) is 39.8 Å². The Kier molecular flexibility index (Phi) is 6.24. The van der Waals surface area contributed by atoms with Crippen molar-refractivity contribution in [2.24, 2.45) is 0 Å². The summed E-state index contributed by atoms with van der Waals surface area (Å²) < 4.78 is 11.0. The summed E-state index contributed by atoms with van der Waals surface area (Å²) >= 11 is 0. The summed E-state index contributed by atoms with van der Waals surface area (Å²) in [5.74, 6) is 1.43. The Morgan fingerprint density at radius 2 is 1.67 bits per heavy atom. The lowest BCUT2D eigenvalue weighted by Gasteiger charge is -2.18. The molecule has 0 spiro atoms. The first-order chi connectivity index (χ1) is 11.5. The maximum atomic E-state index is 12.4. The van der Waals surface area contributed by atoms with Gasteiger partial charge in [-0.1, -0.05) is 25.1 Å². The number of ether oxygens (including phenoxy) is 2. The Morgan fingerprint density at radius 1 is 1.04 bits per heavy atom. The third-order valence-electron chi connectivity index (χ3n) is 3.76. The Morgan fingerprint density at radius 3 is 2.21 bits per heavy atom. The fourth-order valence-electron chi connectivity index (χ4n) is 2.53. The van der Waals surface area contributed by atoms with Crippen LogP contribution in [-0.4, -0.2) is 19.1 Å². The molecule has 1 atom stereocenters. The van der Waals surface area contributed by atoms with Crippen LogP contribution < -0.4 is 14.8 Å². The molecular weight excluding hydrogens is 302 g/mol. The minimum Gasteiger partial charge on any atom is -0.497 e. The summed E-state index contributed by atoms with van der Waals surface area (Å²) in [5.41, 5.74) is 3.27. The molecule has 0 aliphatic carbocycles. The van der Waals surface area contributed by atoms with Gasteiger partial charge >= 0.3 is 0 Å². The van der Waals surface area contributed by atoms with Crippen molar-refractivity contribution in [3.63, 3.8) is 0 Å². The summed E-state index contributed by atoms with van der Waals surface area (Å²) in [5, 5.41) is 2.93. The molecule has 4 heteroatoms. The molecule has 2 aromatic rings. The molecule has 0 fully saturated rings. The lowest BCUT2D eigenvalue weighted by Crippen LogP contribution is -2.37. The minimum atomic E-state index is -0.496. The van der Waals surface area contributed by atoms with Gasteiger partial charge < -0.3 is 14.8 Å². The molecule has 1 amide bonds. The fraction of sp³-hybridized carbons (Fsp3) is 0.350. The molecule has 4 nitrogen and oxygen atoms in total. The maximum absolute atomic E-state index is 12.4. The van der Waals surface area contributed by atoms with Crippen LogP contribution in [0, 0.1) is 13.8 Å². The van der Waals surface area contributed by atoms with Crippen LogP contribution in [0.4, 0.5) is 0 Å². The van der Waals surface area contributed by atoms with Crippen LogP contribution in [0.2, 0.25) is 0 Å². The van der Waals surface area contributed by atoms with Crippen molar-refractivity contribution in [1.82, 2.24) is 5.32 Å². The van der Waals surface area contributed by atoms with E-state index in [0.29, 0.717) is 13.0 Å². The average molecular weight is 327 g/mol. The standard InChI is InChI=1S/C20H25NO3/c1-5-19(24-18-11-14(2)10-15(3)12-18)20(22)21-13-16-6-8-17(23-4)9-7-16/h6-12,19H,5,13H2,1-4H3,(H,21,22)/t19-/m0/s1. The predicted molar refractivity (Wildman–Crippen MR) is 95.5 cm³/mol. The fourth-order valence-corrected chi connectivity index (χ4v) is 2.53. The largest absolute Gasteiger partial charge is 0.497 e. The van der Waals surface area contributed by atoms with E-state index in [2.05, 4.69) is 11.4 Å². The smallest absolute Gasteiger partial charge is 0.261 e. The van der Waals surface area contributed by atoms with Crippen LogP contribution in [0.3, 0.4) is 0 Å². The van der Waals surface area contributed by atoms with E-state index in [0.717, 1.165) is 28.2 Å². The lowest BCUT2D eigenvalue weighted by atomic mass is 10.1. The molecule has 0 saturated carbocycles. The van der Waals surface area contributed by atoms with Gasteiger partial charge in [-0.25, -0.2) is 0 Å². The molecule has 24 heavy (non-hydrogen) atoms. The second-order valence-electron chi connectivity index (χ2n) is 5.90. The van der Waals surface area contributed by atoms with Gasteiger partial charge in [-0.2, -0.15) is 0 Å². The molecule has 0 unspecified atom stereocenters. The highest BCUT2D eigenvalue weighted by molar-refractivity contribution is 5.81. The molecule has 2 aromatic carbocycles. The van der Waals surface area contributed by atoms with Crippen molar-refractivity contribution in [3.8, 4) is 11.5 Å². The second kappa shape index (κ2) is 8.39. The Bertz CT molecular complexity index is 660. The maximum Gasteiger partial charge on any atom is 0.261 e. The number of amides is 1. The lowest BCUT2D eigenvalue weighted by molar-refractivity contribution is -0.128. The Balaban J connectivity index is 1.95. The van der Waals surface area contributed by atoms with Gasteiger partial charge in [0.15, 0.2) is 6.10 Å². The third-order valence-corrected chi connectivity index (χ3v) is 3.76. The average Bonchev–Trinajstić information content (AvgIpc) is 2.57. The topological polar surface area (TPSA) is 47.6 Å². The zero-order valence-corrected chi connectivity index (χ0v) is 14.8. The van der Waals surface area contributed by atoms with Gasteiger partial charge in [0.05, 0.1) is 7.11 Å². The Hall–Kier alpha value is -2.49. The van der Waals surface area contributed by atoms with Crippen LogP contribution >= 0.6 is 0 Å². The van der Waals surface area contributed by atoms with Gasteiger partial charge in [-0.05, 0) is 61.2 Å². The van der Waals surface area contributed by atoms with Gasteiger partial charge in [0.1, 0.15) is 11.5 Å². The molecule has 0 heterocycles. The minimum absolute atomic E-state index is 0.104. The summed E-state index contributed by atoms with van der Waals surface area (Å²) in [7, 11) is 1.63. The number of rotatable bonds is 7. The molecule has 0 bridgehead atoms. The summed E-state index contributed by atoms with van der Waals surface area (Å²) in [6.07, 6.45) is 0.117. The number of benzene rings is 2. The normalized spacial score (nSPS) is 11.7. The van der Waals surface area contributed by atoms with Gasteiger partial charge in [-0.15, -0.1) is 0 Å². The zero-order valence-electron chi connectivity index (χ0n) is 14.8. The van der Waals surface area contributed by atoms with Gasteiger partial charge in [0.25, 0.3) is 5.91 Å². The molecule has 2 rings (SSSR count). The van der Waals surface area contributed by atoms with E-state index in [-0.39, 0.29) is 5.91 Å². The van der Waals surface area contributed by atoms with Crippen LogP contribution in [0.5, 0.6) is 11.5 Å². The van der Waals surface area contributed by atoms with Crippen molar-refractivity contribution in [2.75, 3.05) is 7.11 Å². The molecule has 0 aromatic heterocycles.